The largest absolute Gasteiger partial charge is 0.480 e. The van der Waals surface area contributed by atoms with Crippen LogP contribution in [0.5, 0.6) is 0 Å². The molecule has 0 radical (unpaired) electrons. The van der Waals surface area contributed by atoms with Crippen molar-refractivity contribution in [3.8, 4) is 0 Å². The number of rotatable bonds is 4. The van der Waals surface area contributed by atoms with Gasteiger partial charge in [0.15, 0.2) is 0 Å². The van der Waals surface area contributed by atoms with Crippen LogP contribution in [0.2, 0.25) is 0 Å². The van der Waals surface area contributed by atoms with Crippen molar-refractivity contribution in [1.29, 1.82) is 0 Å². The third-order valence-corrected chi connectivity index (χ3v) is 5.09. The molecule has 1 aliphatic heterocycles. The number of para-hydroxylation sites is 1. The van der Waals surface area contributed by atoms with E-state index < -0.39 is 30.4 Å². The summed E-state index contributed by atoms with van der Waals surface area (Å²) in [6.45, 7) is -0.229. The highest BCUT2D eigenvalue weighted by Gasteiger charge is 2.41. The fourth-order valence-electron chi connectivity index (χ4n) is 3.73. The fraction of sp³-hybridized carbons (Fsp3) is 0.474. The molecule has 0 bridgehead atoms. The highest BCUT2D eigenvalue weighted by molar-refractivity contribution is 6.38. The number of carbonyl (C=O) groups excluding carboxylic acids is 3. The molecule has 8 heteroatoms. The second kappa shape index (κ2) is 8.20. The molecule has 27 heavy (non-hydrogen) atoms. The number of carbonyl (C=O) groups is 4. The van der Waals surface area contributed by atoms with E-state index >= 15 is 0 Å². The molecule has 1 aromatic rings. The van der Waals surface area contributed by atoms with Crippen molar-refractivity contribution in [3.63, 3.8) is 0 Å². The van der Waals surface area contributed by atoms with Gasteiger partial charge in [-0.05, 0) is 25.0 Å². The number of amides is 4. The Balaban J connectivity index is 1.76. The summed E-state index contributed by atoms with van der Waals surface area (Å²) in [6, 6.07) is 7.53. The lowest BCUT2D eigenvalue weighted by molar-refractivity contribution is -0.155. The van der Waals surface area contributed by atoms with E-state index in [0.29, 0.717) is 5.69 Å². The number of nitrogens with zero attached hydrogens (tertiary/aromatic N) is 3. The minimum atomic E-state index is -1.20. The van der Waals surface area contributed by atoms with Crippen molar-refractivity contribution < 1.29 is 24.3 Å². The maximum atomic E-state index is 12.9. The van der Waals surface area contributed by atoms with Crippen LogP contribution in [-0.2, 0) is 14.4 Å². The minimum Gasteiger partial charge on any atom is -0.480 e. The van der Waals surface area contributed by atoms with Gasteiger partial charge in [0.25, 0.3) is 0 Å². The van der Waals surface area contributed by atoms with Gasteiger partial charge in [0.2, 0.25) is 0 Å². The van der Waals surface area contributed by atoms with Crippen LogP contribution in [0.15, 0.2) is 30.3 Å². The summed E-state index contributed by atoms with van der Waals surface area (Å²) < 4.78 is 0. The summed E-state index contributed by atoms with van der Waals surface area (Å²) >= 11 is 0. The van der Waals surface area contributed by atoms with Crippen LogP contribution in [0.25, 0.3) is 0 Å². The number of anilines is 1. The molecule has 8 nitrogen and oxygen atoms in total. The van der Waals surface area contributed by atoms with Crippen molar-refractivity contribution in [2.75, 3.05) is 24.5 Å². The first-order valence-corrected chi connectivity index (χ1v) is 9.20. The Morgan fingerprint density at radius 2 is 1.67 bits per heavy atom. The molecule has 0 aromatic heterocycles. The van der Waals surface area contributed by atoms with E-state index in [4.69, 9.17) is 5.11 Å². The Hall–Kier alpha value is -2.90. The molecule has 3 rings (SSSR count). The zero-order valence-electron chi connectivity index (χ0n) is 15.0. The number of piperazine rings is 1. The van der Waals surface area contributed by atoms with Gasteiger partial charge in [-0.1, -0.05) is 37.5 Å². The number of carboxylic acid groups (broad SMARTS) is 1. The van der Waals surface area contributed by atoms with Crippen molar-refractivity contribution in [1.82, 2.24) is 9.80 Å². The van der Waals surface area contributed by atoms with Crippen LogP contribution in [0, 0.1) is 0 Å². The summed E-state index contributed by atoms with van der Waals surface area (Å²) in [5.74, 6) is -2.76. The molecule has 1 aromatic carbocycles. The van der Waals surface area contributed by atoms with Crippen molar-refractivity contribution in [3.05, 3.63) is 30.3 Å². The molecule has 4 amide bonds. The summed E-state index contributed by atoms with van der Waals surface area (Å²) in [5, 5.41) is 9.15. The molecule has 2 fully saturated rings. The Kier molecular flexibility index (Phi) is 5.73. The van der Waals surface area contributed by atoms with Gasteiger partial charge in [-0.3, -0.25) is 24.2 Å². The maximum absolute atomic E-state index is 12.9. The molecule has 2 aliphatic rings. The first-order valence-electron chi connectivity index (χ1n) is 9.20. The summed E-state index contributed by atoms with van der Waals surface area (Å²) in [7, 11) is 0. The molecule has 0 atom stereocenters. The second-order valence-electron chi connectivity index (χ2n) is 6.85. The predicted octanol–water partition coefficient (Wildman–Crippen LogP) is 1.70. The van der Waals surface area contributed by atoms with E-state index in [2.05, 4.69) is 0 Å². The molecule has 1 N–H and O–H groups in total. The number of hydrogen-bond acceptors (Lipinski definition) is 4. The van der Waals surface area contributed by atoms with Crippen LogP contribution >= 0.6 is 0 Å². The Labute approximate surface area is 157 Å². The number of imide groups is 1. The molecule has 1 aliphatic carbocycles. The SMILES string of the molecule is O=C(O)CN(C(=O)N1CCN(C2CCCCC2)C(=O)C1=O)c1ccccc1. The average molecular weight is 373 g/mol. The third-order valence-electron chi connectivity index (χ3n) is 5.09. The van der Waals surface area contributed by atoms with Gasteiger partial charge in [-0.2, -0.15) is 0 Å². The van der Waals surface area contributed by atoms with Gasteiger partial charge in [-0.25, -0.2) is 4.79 Å². The molecule has 1 saturated heterocycles. The van der Waals surface area contributed by atoms with Crippen LogP contribution < -0.4 is 4.90 Å². The Morgan fingerprint density at radius 3 is 2.30 bits per heavy atom. The number of aliphatic carboxylic acids is 1. The van der Waals surface area contributed by atoms with Gasteiger partial charge in [0, 0.05) is 24.8 Å². The lowest BCUT2D eigenvalue weighted by Gasteiger charge is -2.40. The highest BCUT2D eigenvalue weighted by Crippen LogP contribution is 2.25. The summed E-state index contributed by atoms with van der Waals surface area (Å²) in [6.07, 6.45) is 4.96. The van der Waals surface area contributed by atoms with E-state index in [1.165, 1.54) is 0 Å². The lowest BCUT2D eigenvalue weighted by Crippen LogP contribution is -2.61. The van der Waals surface area contributed by atoms with Gasteiger partial charge in [0.05, 0.1) is 0 Å². The number of urea groups is 1. The number of carboxylic acids is 1. The first-order chi connectivity index (χ1) is 13.0. The third kappa shape index (κ3) is 4.10. The molecule has 144 valence electrons. The maximum Gasteiger partial charge on any atom is 0.332 e. The molecule has 1 saturated carbocycles. The van der Waals surface area contributed by atoms with Crippen LogP contribution in [0.1, 0.15) is 32.1 Å². The lowest BCUT2D eigenvalue weighted by atomic mass is 9.93. The highest BCUT2D eigenvalue weighted by atomic mass is 16.4. The predicted molar refractivity (Wildman–Crippen MR) is 97.1 cm³/mol. The summed E-state index contributed by atoms with van der Waals surface area (Å²) in [4.78, 5) is 52.7. The average Bonchev–Trinajstić information content (AvgIpc) is 2.69. The van der Waals surface area contributed by atoms with Crippen LogP contribution in [0.3, 0.4) is 0 Å². The van der Waals surface area contributed by atoms with Gasteiger partial charge in [0.1, 0.15) is 6.54 Å². The van der Waals surface area contributed by atoms with Crippen molar-refractivity contribution >= 4 is 29.5 Å². The van der Waals surface area contributed by atoms with Crippen LogP contribution in [-0.4, -0.2) is 64.4 Å². The van der Waals surface area contributed by atoms with Gasteiger partial charge >= 0.3 is 23.8 Å². The first kappa shape index (κ1) is 18.9. The standard InChI is InChI=1S/C19H23N3O5/c23-16(24)13-22(15-9-5-2-6-10-15)19(27)21-12-11-20(17(25)18(21)26)14-7-3-1-4-8-14/h2,5-6,9-10,14H,1,3-4,7-8,11-13H2,(H,23,24). The molecule has 0 unspecified atom stereocenters. The monoisotopic (exact) mass is 373 g/mol. The van der Waals surface area contributed by atoms with Crippen molar-refractivity contribution in [2.45, 2.75) is 38.1 Å². The molecular weight excluding hydrogens is 350 g/mol. The zero-order valence-corrected chi connectivity index (χ0v) is 15.0. The topological polar surface area (TPSA) is 98.2 Å². The summed E-state index contributed by atoms with van der Waals surface area (Å²) in [5.41, 5.74) is 0.361. The number of benzene rings is 1. The number of hydrogen-bond donors (Lipinski definition) is 1. The smallest absolute Gasteiger partial charge is 0.332 e. The zero-order chi connectivity index (χ0) is 19.4. The van der Waals surface area contributed by atoms with Crippen molar-refractivity contribution in [2.24, 2.45) is 0 Å². The quantitative estimate of drug-likeness (QED) is 0.810. The minimum absolute atomic E-state index is 0.0525. The Morgan fingerprint density at radius 1 is 1.00 bits per heavy atom. The van der Waals surface area contributed by atoms with E-state index in [0.717, 1.165) is 41.9 Å². The van der Waals surface area contributed by atoms with E-state index in [9.17, 15) is 19.2 Å². The normalized spacial score (nSPS) is 18.5. The molecule has 1 heterocycles. The van der Waals surface area contributed by atoms with Gasteiger partial charge in [-0.15, -0.1) is 0 Å². The van der Waals surface area contributed by atoms with E-state index in [1.54, 1.807) is 35.2 Å². The molecule has 0 spiro atoms. The second-order valence-corrected chi connectivity index (χ2v) is 6.85. The van der Waals surface area contributed by atoms with Gasteiger partial charge < -0.3 is 10.0 Å². The molecular formula is C19H23N3O5. The Bertz CT molecular complexity index is 730. The van der Waals surface area contributed by atoms with E-state index in [1.807, 2.05) is 0 Å². The van der Waals surface area contributed by atoms with E-state index in [-0.39, 0.29) is 19.1 Å². The fourth-order valence-corrected chi connectivity index (χ4v) is 3.73. The van der Waals surface area contributed by atoms with Crippen LogP contribution in [0.4, 0.5) is 10.5 Å².